The molecule has 1 rings (SSSR count). The molecule has 5 heteroatoms. The molecule has 0 radical (unpaired) electrons. The number of carbonyl (C=O) groups is 2. The molecule has 0 saturated heterocycles. The number of nitrogens with zero attached hydrogens (tertiary/aromatic N) is 1. The average Bonchev–Trinajstić information content (AvgIpc) is 2.78. The second-order valence-corrected chi connectivity index (χ2v) is 4.69. The molecule has 5 nitrogen and oxygen atoms in total. The maximum Gasteiger partial charge on any atom is 0.323 e. The number of rotatable bonds is 6. The molecule has 1 amide bonds. The first-order chi connectivity index (χ1) is 8.06. The first-order valence-electron chi connectivity index (χ1n) is 6.34. The van der Waals surface area contributed by atoms with Gasteiger partial charge in [0, 0.05) is 6.04 Å². The zero-order chi connectivity index (χ0) is 12.8. The Bertz CT molecular complexity index is 275. The van der Waals surface area contributed by atoms with Crippen LogP contribution in [0.15, 0.2) is 0 Å². The van der Waals surface area contributed by atoms with E-state index in [4.69, 9.17) is 10.8 Å². The summed E-state index contributed by atoms with van der Waals surface area (Å²) in [6.07, 6.45) is 5.38. The maximum absolute atomic E-state index is 12.1. The SMILES string of the molecule is CCCC(N)C(=O)N(CC(=O)O)C1CCCC1. The van der Waals surface area contributed by atoms with Crippen LogP contribution in [0.2, 0.25) is 0 Å². The molecule has 0 aliphatic heterocycles. The summed E-state index contributed by atoms with van der Waals surface area (Å²) in [5.41, 5.74) is 5.79. The molecule has 0 aromatic carbocycles. The summed E-state index contributed by atoms with van der Waals surface area (Å²) in [4.78, 5) is 24.4. The van der Waals surface area contributed by atoms with E-state index in [1.807, 2.05) is 6.92 Å². The van der Waals surface area contributed by atoms with E-state index in [0.29, 0.717) is 6.42 Å². The summed E-state index contributed by atoms with van der Waals surface area (Å²) >= 11 is 0. The van der Waals surface area contributed by atoms with Crippen molar-refractivity contribution in [3.63, 3.8) is 0 Å². The zero-order valence-corrected chi connectivity index (χ0v) is 10.4. The number of aliphatic carboxylic acids is 1. The predicted molar refractivity (Wildman–Crippen MR) is 64.5 cm³/mol. The van der Waals surface area contributed by atoms with Gasteiger partial charge in [-0.2, -0.15) is 0 Å². The smallest absolute Gasteiger partial charge is 0.323 e. The van der Waals surface area contributed by atoms with Crippen molar-refractivity contribution >= 4 is 11.9 Å². The van der Waals surface area contributed by atoms with E-state index in [1.54, 1.807) is 0 Å². The molecule has 0 aromatic rings. The van der Waals surface area contributed by atoms with Gasteiger partial charge < -0.3 is 15.7 Å². The van der Waals surface area contributed by atoms with E-state index in [-0.39, 0.29) is 18.5 Å². The Labute approximate surface area is 102 Å². The summed E-state index contributed by atoms with van der Waals surface area (Å²) in [6.45, 7) is 1.74. The molecule has 1 atom stereocenters. The lowest BCUT2D eigenvalue weighted by molar-refractivity contribution is -0.146. The van der Waals surface area contributed by atoms with Crippen LogP contribution in [0.25, 0.3) is 0 Å². The first-order valence-corrected chi connectivity index (χ1v) is 6.34. The van der Waals surface area contributed by atoms with Gasteiger partial charge in [0.05, 0.1) is 6.04 Å². The fourth-order valence-electron chi connectivity index (χ4n) is 2.40. The largest absolute Gasteiger partial charge is 0.480 e. The van der Waals surface area contributed by atoms with Crippen molar-refractivity contribution in [3.05, 3.63) is 0 Å². The van der Waals surface area contributed by atoms with Gasteiger partial charge in [-0.3, -0.25) is 9.59 Å². The molecule has 0 aromatic heterocycles. The van der Waals surface area contributed by atoms with E-state index in [1.165, 1.54) is 4.90 Å². The summed E-state index contributed by atoms with van der Waals surface area (Å²) < 4.78 is 0. The van der Waals surface area contributed by atoms with Crippen molar-refractivity contribution in [3.8, 4) is 0 Å². The van der Waals surface area contributed by atoms with Crippen LogP contribution in [0.1, 0.15) is 45.4 Å². The monoisotopic (exact) mass is 242 g/mol. The molecule has 0 bridgehead atoms. The summed E-state index contributed by atoms with van der Waals surface area (Å²) in [6, 6.07) is -0.485. The Hall–Kier alpha value is -1.10. The Kier molecular flexibility index (Phi) is 5.41. The normalized spacial score (nSPS) is 18.0. The van der Waals surface area contributed by atoms with Gasteiger partial charge in [-0.15, -0.1) is 0 Å². The quantitative estimate of drug-likeness (QED) is 0.727. The van der Waals surface area contributed by atoms with Gasteiger partial charge in [-0.25, -0.2) is 0 Å². The minimum atomic E-state index is -0.964. The Morgan fingerprint density at radius 2 is 2.00 bits per heavy atom. The van der Waals surface area contributed by atoms with Crippen LogP contribution in [0, 0.1) is 0 Å². The van der Waals surface area contributed by atoms with Crippen LogP contribution >= 0.6 is 0 Å². The van der Waals surface area contributed by atoms with Crippen molar-refractivity contribution in [2.45, 2.75) is 57.5 Å². The van der Waals surface area contributed by atoms with Crippen LogP contribution in [-0.2, 0) is 9.59 Å². The molecule has 1 unspecified atom stereocenters. The average molecular weight is 242 g/mol. The minimum absolute atomic E-state index is 0.0708. The number of nitrogens with two attached hydrogens (primary N) is 1. The molecule has 3 N–H and O–H groups in total. The molecular weight excluding hydrogens is 220 g/mol. The molecule has 1 saturated carbocycles. The standard InChI is InChI=1S/C12H22N2O3/c1-2-5-10(13)12(17)14(8-11(15)16)9-6-3-4-7-9/h9-10H,2-8,13H2,1H3,(H,15,16). The van der Waals surface area contributed by atoms with Gasteiger partial charge >= 0.3 is 5.97 Å². The lowest BCUT2D eigenvalue weighted by Crippen LogP contribution is -2.49. The number of amides is 1. The minimum Gasteiger partial charge on any atom is -0.480 e. The molecule has 1 fully saturated rings. The van der Waals surface area contributed by atoms with E-state index in [0.717, 1.165) is 32.1 Å². The molecule has 98 valence electrons. The van der Waals surface area contributed by atoms with Crippen molar-refractivity contribution < 1.29 is 14.7 Å². The Balaban J connectivity index is 2.67. The highest BCUT2D eigenvalue weighted by Gasteiger charge is 2.30. The third kappa shape index (κ3) is 4.00. The topological polar surface area (TPSA) is 83.6 Å². The van der Waals surface area contributed by atoms with Gasteiger partial charge in [0.1, 0.15) is 6.54 Å². The summed E-state index contributed by atoms with van der Waals surface area (Å²) in [5, 5.41) is 8.87. The fourth-order valence-corrected chi connectivity index (χ4v) is 2.40. The highest BCUT2D eigenvalue weighted by atomic mass is 16.4. The van der Waals surface area contributed by atoms with Crippen LogP contribution in [0.3, 0.4) is 0 Å². The summed E-state index contributed by atoms with van der Waals surface area (Å²) in [5.74, 6) is -1.17. The molecule has 0 heterocycles. The lowest BCUT2D eigenvalue weighted by Gasteiger charge is -2.29. The third-order valence-electron chi connectivity index (χ3n) is 3.27. The maximum atomic E-state index is 12.1. The van der Waals surface area contributed by atoms with E-state index < -0.39 is 12.0 Å². The van der Waals surface area contributed by atoms with Crippen molar-refractivity contribution in [1.29, 1.82) is 0 Å². The van der Waals surface area contributed by atoms with Crippen LogP contribution in [0.5, 0.6) is 0 Å². The van der Waals surface area contributed by atoms with Gasteiger partial charge in [-0.05, 0) is 19.3 Å². The number of hydrogen-bond acceptors (Lipinski definition) is 3. The Morgan fingerprint density at radius 3 is 2.47 bits per heavy atom. The Morgan fingerprint density at radius 1 is 1.41 bits per heavy atom. The zero-order valence-electron chi connectivity index (χ0n) is 10.4. The number of carbonyl (C=O) groups excluding carboxylic acids is 1. The molecule has 17 heavy (non-hydrogen) atoms. The highest BCUT2D eigenvalue weighted by Crippen LogP contribution is 2.24. The van der Waals surface area contributed by atoms with Crippen molar-refractivity contribution in [1.82, 2.24) is 4.90 Å². The molecule has 1 aliphatic carbocycles. The summed E-state index contributed by atoms with van der Waals surface area (Å²) in [7, 11) is 0. The second-order valence-electron chi connectivity index (χ2n) is 4.69. The fraction of sp³-hybridized carbons (Fsp3) is 0.833. The first kappa shape index (κ1) is 14.0. The van der Waals surface area contributed by atoms with Crippen LogP contribution in [0.4, 0.5) is 0 Å². The van der Waals surface area contributed by atoms with Crippen molar-refractivity contribution in [2.24, 2.45) is 5.73 Å². The highest BCUT2D eigenvalue weighted by molar-refractivity contribution is 5.85. The van der Waals surface area contributed by atoms with E-state index in [9.17, 15) is 9.59 Å². The molecule has 1 aliphatic rings. The number of hydrogen-bond donors (Lipinski definition) is 2. The van der Waals surface area contributed by atoms with E-state index >= 15 is 0 Å². The predicted octanol–water partition coefficient (Wildman–Crippen LogP) is 0.970. The van der Waals surface area contributed by atoms with Crippen LogP contribution in [-0.4, -0.2) is 40.5 Å². The van der Waals surface area contributed by atoms with E-state index in [2.05, 4.69) is 0 Å². The number of carboxylic acid groups (broad SMARTS) is 1. The number of carboxylic acids is 1. The molecular formula is C12H22N2O3. The van der Waals surface area contributed by atoms with Gasteiger partial charge in [0.2, 0.25) is 5.91 Å². The second kappa shape index (κ2) is 6.59. The van der Waals surface area contributed by atoms with Crippen LogP contribution < -0.4 is 5.73 Å². The van der Waals surface area contributed by atoms with Gasteiger partial charge in [-0.1, -0.05) is 26.2 Å². The molecule has 0 spiro atoms. The van der Waals surface area contributed by atoms with Gasteiger partial charge in [0.25, 0.3) is 0 Å². The lowest BCUT2D eigenvalue weighted by atomic mass is 10.1. The van der Waals surface area contributed by atoms with Crippen molar-refractivity contribution in [2.75, 3.05) is 6.54 Å². The van der Waals surface area contributed by atoms with Gasteiger partial charge in [0.15, 0.2) is 0 Å². The third-order valence-corrected chi connectivity index (χ3v) is 3.27.